The Morgan fingerprint density at radius 1 is 0.909 bits per heavy atom. The summed E-state index contributed by atoms with van der Waals surface area (Å²) in [4.78, 5) is 26.4. The lowest BCUT2D eigenvalue weighted by atomic mass is 10.0. The molecule has 2 aromatic carbocycles. The Hall–Kier alpha value is -4.26. The largest absolute Gasteiger partial charge is 0.497 e. The Kier molecular flexibility index (Phi) is 6.31. The summed E-state index contributed by atoms with van der Waals surface area (Å²) in [6, 6.07) is 19.9. The number of carbonyl (C=O) groups is 2. The topological polar surface area (TPSA) is 78.3 Å². The van der Waals surface area contributed by atoms with Crippen LogP contribution in [0.5, 0.6) is 17.2 Å². The lowest BCUT2D eigenvalue weighted by Gasteiger charge is -2.12. The Bertz CT molecular complexity index is 1310. The van der Waals surface area contributed by atoms with Crippen molar-refractivity contribution in [2.75, 3.05) is 26.1 Å². The van der Waals surface area contributed by atoms with E-state index in [0.29, 0.717) is 29.4 Å². The average Bonchev–Trinajstić information content (AvgIpc) is 3.24. The molecule has 0 radical (unpaired) electrons. The number of pyridine rings is 1. The van der Waals surface area contributed by atoms with Crippen LogP contribution in [0.25, 0.3) is 16.6 Å². The van der Waals surface area contributed by atoms with Crippen LogP contribution >= 0.6 is 0 Å². The molecule has 2 heterocycles. The second-order valence-electron chi connectivity index (χ2n) is 7.21. The molecule has 0 aliphatic rings. The fraction of sp³-hybridized carbons (Fsp3) is 0.154. The predicted molar refractivity (Wildman–Crippen MR) is 127 cm³/mol. The van der Waals surface area contributed by atoms with Gasteiger partial charge in [0.25, 0.3) is 11.7 Å². The quantitative estimate of drug-likeness (QED) is 0.311. The van der Waals surface area contributed by atoms with E-state index in [1.807, 2.05) is 55.5 Å². The van der Waals surface area contributed by atoms with Gasteiger partial charge in [-0.05, 0) is 55.0 Å². The number of Topliss-reactive ketones (excluding diaryl/α,β-unsaturated/α-hetero) is 1. The van der Waals surface area contributed by atoms with Crippen molar-refractivity contribution in [1.29, 1.82) is 0 Å². The molecule has 4 aromatic rings. The molecule has 0 spiro atoms. The number of anilines is 1. The molecule has 1 amide bonds. The molecule has 0 unspecified atom stereocenters. The van der Waals surface area contributed by atoms with E-state index in [4.69, 9.17) is 14.2 Å². The predicted octanol–water partition coefficient (Wildman–Crippen LogP) is 4.84. The van der Waals surface area contributed by atoms with Gasteiger partial charge in [0.05, 0.1) is 26.5 Å². The van der Waals surface area contributed by atoms with Crippen molar-refractivity contribution in [3.8, 4) is 28.4 Å². The van der Waals surface area contributed by atoms with Gasteiger partial charge in [0.15, 0.2) is 0 Å². The number of fused-ring (bicyclic) bond motifs is 1. The minimum atomic E-state index is -0.769. The van der Waals surface area contributed by atoms with Gasteiger partial charge in [0.2, 0.25) is 0 Å². The molecule has 0 saturated heterocycles. The fourth-order valence-electron chi connectivity index (χ4n) is 3.66. The van der Waals surface area contributed by atoms with Crippen LogP contribution in [0.1, 0.15) is 17.4 Å². The minimum Gasteiger partial charge on any atom is -0.497 e. The van der Waals surface area contributed by atoms with E-state index in [2.05, 4.69) is 5.32 Å². The van der Waals surface area contributed by atoms with Crippen molar-refractivity contribution in [2.45, 2.75) is 6.92 Å². The van der Waals surface area contributed by atoms with Crippen molar-refractivity contribution < 1.29 is 23.8 Å². The van der Waals surface area contributed by atoms with Gasteiger partial charge in [-0.1, -0.05) is 18.2 Å². The Morgan fingerprint density at radius 2 is 1.67 bits per heavy atom. The highest BCUT2D eigenvalue weighted by Gasteiger charge is 2.25. The van der Waals surface area contributed by atoms with Crippen LogP contribution in [-0.2, 0) is 4.79 Å². The summed E-state index contributed by atoms with van der Waals surface area (Å²) in [6.45, 7) is 2.48. The van der Waals surface area contributed by atoms with E-state index in [0.717, 1.165) is 16.8 Å². The van der Waals surface area contributed by atoms with E-state index >= 15 is 0 Å². The number of nitrogens with zero attached hydrogens (tertiary/aromatic N) is 1. The van der Waals surface area contributed by atoms with Gasteiger partial charge in [-0.15, -0.1) is 0 Å². The number of benzene rings is 2. The number of carbonyl (C=O) groups excluding carboxylic acids is 2. The molecule has 7 heteroatoms. The number of hydrogen-bond acceptors (Lipinski definition) is 5. The van der Waals surface area contributed by atoms with Crippen LogP contribution < -0.4 is 19.5 Å². The highest BCUT2D eigenvalue weighted by molar-refractivity contribution is 6.47. The second-order valence-corrected chi connectivity index (χ2v) is 7.21. The van der Waals surface area contributed by atoms with Crippen LogP contribution in [0.2, 0.25) is 0 Å². The van der Waals surface area contributed by atoms with Gasteiger partial charge in [-0.2, -0.15) is 0 Å². The first-order valence-electron chi connectivity index (χ1n) is 10.5. The molecule has 0 aliphatic heterocycles. The summed E-state index contributed by atoms with van der Waals surface area (Å²) in [6.07, 6.45) is 1.77. The Balaban J connectivity index is 1.72. The Labute approximate surface area is 191 Å². The van der Waals surface area contributed by atoms with Gasteiger partial charge in [0, 0.05) is 23.3 Å². The normalized spacial score (nSPS) is 10.6. The molecule has 0 fully saturated rings. The molecule has 4 rings (SSSR count). The van der Waals surface area contributed by atoms with Crippen LogP contribution in [0.3, 0.4) is 0 Å². The standard InChI is InChI=1S/C26H24N2O5/c1-4-33-19-10-8-17(9-11-19)21-15-18-7-5-6-14-28(18)24(21)25(29)26(30)27-22-13-12-20(31-2)16-23(22)32-3/h5-16H,4H2,1-3H3,(H,27,30). The molecule has 7 nitrogen and oxygen atoms in total. The van der Waals surface area contributed by atoms with Gasteiger partial charge in [0.1, 0.15) is 22.9 Å². The van der Waals surface area contributed by atoms with Crippen molar-refractivity contribution in [1.82, 2.24) is 4.40 Å². The van der Waals surface area contributed by atoms with Crippen LogP contribution in [0.4, 0.5) is 5.69 Å². The number of aromatic nitrogens is 1. The summed E-state index contributed by atoms with van der Waals surface area (Å²) in [5.74, 6) is 0.272. The molecular weight excluding hydrogens is 420 g/mol. The number of rotatable bonds is 8. The first-order valence-corrected chi connectivity index (χ1v) is 10.5. The number of ketones is 1. The molecule has 0 bridgehead atoms. The van der Waals surface area contributed by atoms with Crippen molar-refractivity contribution >= 4 is 22.9 Å². The van der Waals surface area contributed by atoms with Crippen molar-refractivity contribution in [3.05, 3.63) is 78.6 Å². The number of ether oxygens (including phenoxy) is 3. The first kappa shape index (κ1) is 22.0. The second kappa shape index (κ2) is 9.48. The summed E-state index contributed by atoms with van der Waals surface area (Å²) in [5.41, 5.74) is 2.92. The van der Waals surface area contributed by atoms with Crippen molar-refractivity contribution in [2.24, 2.45) is 0 Å². The van der Waals surface area contributed by atoms with Gasteiger partial charge in [-0.25, -0.2) is 0 Å². The third-order valence-electron chi connectivity index (χ3n) is 5.23. The number of nitrogens with one attached hydrogen (secondary N) is 1. The SMILES string of the molecule is CCOc1ccc(-c2cc3ccccn3c2C(=O)C(=O)Nc2ccc(OC)cc2OC)cc1. The molecule has 0 aliphatic carbocycles. The smallest absolute Gasteiger partial charge is 0.298 e. The van der Waals surface area contributed by atoms with E-state index in [1.165, 1.54) is 14.2 Å². The molecular formula is C26H24N2O5. The number of hydrogen-bond donors (Lipinski definition) is 1. The lowest BCUT2D eigenvalue weighted by molar-refractivity contribution is -0.112. The van der Waals surface area contributed by atoms with Crippen LogP contribution in [0, 0.1) is 0 Å². The highest BCUT2D eigenvalue weighted by atomic mass is 16.5. The van der Waals surface area contributed by atoms with E-state index < -0.39 is 11.7 Å². The monoisotopic (exact) mass is 444 g/mol. The average molecular weight is 444 g/mol. The fourth-order valence-corrected chi connectivity index (χ4v) is 3.66. The van der Waals surface area contributed by atoms with Crippen LogP contribution in [-0.4, -0.2) is 36.9 Å². The third-order valence-corrected chi connectivity index (χ3v) is 5.23. The first-order chi connectivity index (χ1) is 16.0. The molecule has 168 valence electrons. The maximum Gasteiger partial charge on any atom is 0.298 e. The zero-order chi connectivity index (χ0) is 23.4. The summed E-state index contributed by atoms with van der Waals surface area (Å²) in [7, 11) is 3.02. The molecule has 1 N–H and O–H groups in total. The molecule has 33 heavy (non-hydrogen) atoms. The molecule has 0 saturated carbocycles. The maximum atomic E-state index is 13.4. The van der Waals surface area contributed by atoms with Gasteiger partial charge >= 0.3 is 0 Å². The Morgan fingerprint density at radius 3 is 2.36 bits per heavy atom. The van der Waals surface area contributed by atoms with E-state index in [9.17, 15) is 9.59 Å². The molecule has 2 aromatic heterocycles. The van der Waals surface area contributed by atoms with E-state index in [1.54, 1.807) is 28.8 Å². The van der Waals surface area contributed by atoms with Gasteiger partial charge in [-0.3, -0.25) is 9.59 Å². The lowest BCUT2D eigenvalue weighted by Crippen LogP contribution is -2.25. The van der Waals surface area contributed by atoms with Crippen LogP contribution in [0.15, 0.2) is 72.9 Å². The number of amides is 1. The molecule has 0 atom stereocenters. The summed E-state index contributed by atoms with van der Waals surface area (Å²) >= 11 is 0. The zero-order valence-electron chi connectivity index (χ0n) is 18.6. The summed E-state index contributed by atoms with van der Waals surface area (Å²) < 4.78 is 17.8. The highest BCUT2D eigenvalue weighted by Crippen LogP contribution is 2.32. The zero-order valence-corrected chi connectivity index (χ0v) is 18.6. The summed E-state index contributed by atoms with van der Waals surface area (Å²) in [5, 5.41) is 2.67. The minimum absolute atomic E-state index is 0.278. The number of methoxy groups -OCH3 is 2. The van der Waals surface area contributed by atoms with E-state index in [-0.39, 0.29) is 5.69 Å². The third kappa shape index (κ3) is 4.39. The maximum absolute atomic E-state index is 13.4. The van der Waals surface area contributed by atoms with Crippen molar-refractivity contribution in [3.63, 3.8) is 0 Å². The van der Waals surface area contributed by atoms with Gasteiger partial charge < -0.3 is 23.9 Å².